The SMILES string of the molecule is O=c1ccn(CC(F)([C@@H](O)CCOP(=O)(O)OP(=O)(O)OP(=O)(O)O)C(F)(F)F)c(=S)[nH]1. The maximum absolute atomic E-state index is 14.8. The molecule has 1 aromatic rings. The summed E-state index contributed by atoms with van der Waals surface area (Å²) in [4.78, 5) is 47.9. The minimum atomic E-state index is -5.88. The molecule has 0 bridgehead atoms. The molecule has 186 valence electrons. The van der Waals surface area contributed by atoms with Crippen molar-refractivity contribution in [3.8, 4) is 0 Å². The van der Waals surface area contributed by atoms with Crippen molar-refractivity contribution in [1.82, 2.24) is 9.55 Å². The average Bonchev–Trinajstić information content (AvgIpc) is 2.52. The van der Waals surface area contributed by atoms with Crippen LogP contribution in [0.3, 0.4) is 0 Å². The predicted octanol–water partition coefficient (Wildman–Crippen LogP) is 1.27. The molecule has 6 N–H and O–H groups in total. The molecule has 14 nitrogen and oxygen atoms in total. The Morgan fingerprint density at radius 2 is 1.66 bits per heavy atom. The van der Waals surface area contributed by atoms with Crippen LogP contribution in [0.4, 0.5) is 17.6 Å². The van der Waals surface area contributed by atoms with Gasteiger partial charge in [0.2, 0.25) is 5.67 Å². The van der Waals surface area contributed by atoms with Crippen LogP contribution in [-0.4, -0.2) is 58.8 Å². The number of halogens is 4. The van der Waals surface area contributed by atoms with Crippen LogP contribution in [0.2, 0.25) is 0 Å². The molecule has 0 saturated carbocycles. The van der Waals surface area contributed by atoms with Crippen LogP contribution in [-0.2, 0) is 33.4 Å². The lowest BCUT2D eigenvalue weighted by Gasteiger charge is -2.33. The first-order valence-electron chi connectivity index (χ1n) is 7.69. The van der Waals surface area contributed by atoms with Crippen LogP contribution in [0.25, 0.3) is 0 Å². The van der Waals surface area contributed by atoms with Gasteiger partial charge in [0.05, 0.1) is 13.2 Å². The molecule has 0 spiro atoms. The molecule has 1 heterocycles. The van der Waals surface area contributed by atoms with Gasteiger partial charge in [-0.25, -0.2) is 18.1 Å². The van der Waals surface area contributed by atoms with Gasteiger partial charge in [-0.15, -0.1) is 0 Å². The Morgan fingerprint density at radius 1 is 1.09 bits per heavy atom. The molecule has 4 atom stereocenters. The van der Waals surface area contributed by atoms with E-state index in [4.69, 9.17) is 14.7 Å². The van der Waals surface area contributed by atoms with Gasteiger partial charge in [0.25, 0.3) is 5.56 Å². The highest BCUT2D eigenvalue weighted by Crippen LogP contribution is 2.66. The Labute approximate surface area is 179 Å². The number of aliphatic hydroxyl groups excluding tert-OH is 1. The number of aromatic nitrogens is 2. The van der Waals surface area contributed by atoms with Crippen molar-refractivity contribution < 1.29 is 69.1 Å². The average molecular weight is 556 g/mol. The van der Waals surface area contributed by atoms with Crippen LogP contribution in [0.15, 0.2) is 17.1 Å². The fraction of sp³-hybridized carbons (Fsp3) is 0.600. The first kappa shape index (κ1) is 29.2. The van der Waals surface area contributed by atoms with E-state index < -0.39 is 71.3 Å². The topological polar surface area (TPSA) is 218 Å². The number of phosphoric acid groups is 3. The van der Waals surface area contributed by atoms with E-state index in [0.717, 1.165) is 12.3 Å². The molecule has 0 aliphatic carbocycles. The monoisotopic (exact) mass is 556 g/mol. The molecule has 1 aromatic heterocycles. The third kappa shape index (κ3) is 8.85. The number of nitrogens with one attached hydrogen (secondary N) is 1. The second kappa shape index (κ2) is 10.2. The van der Waals surface area contributed by atoms with Crippen molar-refractivity contribution in [2.75, 3.05) is 6.61 Å². The summed E-state index contributed by atoms with van der Waals surface area (Å²) >= 11 is 4.60. The first-order valence-corrected chi connectivity index (χ1v) is 12.6. The lowest BCUT2D eigenvalue weighted by molar-refractivity contribution is -0.266. The third-order valence-electron chi connectivity index (χ3n) is 3.36. The van der Waals surface area contributed by atoms with Crippen molar-refractivity contribution in [2.24, 2.45) is 0 Å². The zero-order valence-electron chi connectivity index (χ0n) is 15.2. The minimum absolute atomic E-state index is 0.454. The van der Waals surface area contributed by atoms with Crippen LogP contribution in [0.5, 0.6) is 0 Å². The zero-order chi connectivity index (χ0) is 25.2. The summed E-state index contributed by atoms with van der Waals surface area (Å²) in [5.41, 5.74) is -5.21. The lowest BCUT2D eigenvalue weighted by Crippen LogP contribution is -2.54. The second-order valence-electron chi connectivity index (χ2n) is 5.83. The summed E-state index contributed by atoms with van der Waals surface area (Å²) in [5.74, 6) is 0. The van der Waals surface area contributed by atoms with Gasteiger partial charge in [0, 0.05) is 18.7 Å². The molecule has 0 amide bonds. The molecule has 22 heteroatoms. The Kier molecular flexibility index (Phi) is 9.33. The molecule has 0 fully saturated rings. The number of nitrogens with zero attached hydrogens (tertiary/aromatic N) is 1. The van der Waals surface area contributed by atoms with Gasteiger partial charge in [-0.3, -0.25) is 14.3 Å². The number of rotatable bonds is 11. The van der Waals surface area contributed by atoms with Gasteiger partial charge in [0.1, 0.15) is 6.10 Å². The predicted molar refractivity (Wildman–Crippen MR) is 96.2 cm³/mol. The third-order valence-corrected chi connectivity index (χ3v) is 7.53. The minimum Gasteiger partial charge on any atom is -0.389 e. The Balaban J connectivity index is 2.92. The van der Waals surface area contributed by atoms with Crippen molar-refractivity contribution >= 4 is 35.7 Å². The zero-order valence-corrected chi connectivity index (χ0v) is 18.7. The molecule has 32 heavy (non-hydrogen) atoms. The molecule has 3 unspecified atom stereocenters. The smallest absolute Gasteiger partial charge is 0.389 e. The Morgan fingerprint density at radius 3 is 2.12 bits per heavy atom. The van der Waals surface area contributed by atoms with E-state index in [-0.39, 0.29) is 0 Å². The standard InChI is InChI=1S/C10H15F4N2O12P3S/c11-9(10(12,13)14,5-16-3-1-7(18)15-8(16)32)6(17)2-4-26-30(22,23)28-31(24,25)27-29(19,20)21/h1,3,6,17H,2,4-5H2,(H,22,23)(H,24,25)(H,15,18,32)(H2,19,20,21)/t6-,9?/m0/s1. The second-order valence-corrected chi connectivity index (χ2v) is 10.6. The quantitative estimate of drug-likeness (QED) is 0.129. The Bertz CT molecular complexity index is 1070. The highest BCUT2D eigenvalue weighted by molar-refractivity contribution is 7.71. The summed E-state index contributed by atoms with van der Waals surface area (Å²) in [5, 5.41) is 9.75. The van der Waals surface area contributed by atoms with E-state index in [1.54, 1.807) is 0 Å². The van der Waals surface area contributed by atoms with Crippen LogP contribution in [0, 0.1) is 4.77 Å². The largest absolute Gasteiger partial charge is 0.490 e. The van der Waals surface area contributed by atoms with Gasteiger partial charge < -0.3 is 29.2 Å². The van der Waals surface area contributed by atoms with Gasteiger partial charge in [-0.05, 0) is 12.2 Å². The number of phosphoric ester groups is 1. The van der Waals surface area contributed by atoms with E-state index in [1.807, 2.05) is 4.98 Å². The highest BCUT2D eigenvalue weighted by atomic mass is 32.1. The Hall–Kier alpha value is -0.810. The van der Waals surface area contributed by atoms with Gasteiger partial charge in [-0.1, -0.05) is 0 Å². The summed E-state index contributed by atoms with van der Waals surface area (Å²) in [6.45, 7) is -3.01. The van der Waals surface area contributed by atoms with Crippen LogP contribution < -0.4 is 5.56 Å². The van der Waals surface area contributed by atoms with E-state index in [0.29, 0.717) is 4.57 Å². The molecule has 0 aromatic carbocycles. The van der Waals surface area contributed by atoms with E-state index >= 15 is 0 Å². The number of hydrogen-bond donors (Lipinski definition) is 6. The molecular formula is C10H15F4N2O12P3S. The lowest BCUT2D eigenvalue weighted by atomic mass is 9.95. The number of alkyl halides is 4. The fourth-order valence-corrected chi connectivity index (χ4v) is 5.27. The van der Waals surface area contributed by atoms with Gasteiger partial charge in [0.15, 0.2) is 4.77 Å². The van der Waals surface area contributed by atoms with Gasteiger partial charge in [-0.2, -0.15) is 21.8 Å². The number of aromatic amines is 1. The van der Waals surface area contributed by atoms with E-state index in [9.17, 15) is 46.1 Å². The van der Waals surface area contributed by atoms with Gasteiger partial charge >= 0.3 is 29.6 Å². The van der Waals surface area contributed by atoms with Crippen molar-refractivity contribution in [1.29, 1.82) is 0 Å². The first-order chi connectivity index (χ1) is 14.2. The van der Waals surface area contributed by atoms with Crippen molar-refractivity contribution in [3.05, 3.63) is 27.4 Å². The number of aliphatic hydroxyl groups is 1. The van der Waals surface area contributed by atoms with Crippen LogP contribution in [0.1, 0.15) is 6.42 Å². The molecule has 0 aliphatic rings. The number of hydrogen-bond acceptors (Lipinski definition) is 9. The summed E-state index contributed by atoms with van der Waals surface area (Å²) in [7, 11) is -17.2. The van der Waals surface area contributed by atoms with E-state index in [2.05, 4.69) is 25.4 Å². The molecular weight excluding hydrogens is 541 g/mol. The maximum Gasteiger partial charge on any atom is 0.490 e. The molecule has 0 aliphatic heterocycles. The normalized spacial score (nSPS) is 19.5. The molecule has 1 rings (SSSR count). The van der Waals surface area contributed by atoms with Crippen LogP contribution >= 0.6 is 35.7 Å². The highest BCUT2D eigenvalue weighted by Gasteiger charge is 2.60. The summed E-state index contributed by atoms with van der Waals surface area (Å²) < 4.78 is 98.5. The fourth-order valence-electron chi connectivity index (χ4n) is 2.01. The van der Waals surface area contributed by atoms with Crippen molar-refractivity contribution in [3.63, 3.8) is 0 Å². The van der Waals surface area contributed by atoms with E-state index in [1.165, 1.54) is 0 Å². The summed E-state index contributed by atoms with van der Waals surface area (Å²) in [6, 6.07) is 0.730. The maximum atomic E-state index is 14.8. The summed E-state index contributed by atoms with van der Waals surface area (Å²) in [6.07, 6.45) is -9.28. The molecule has 0 saturated heterocycles. The number of H-pyrrole nitrogens is 1. The molecule has 0 radical (unpaired) electrons. The van der Waals surface area contributed by atoms with Crippen molar-refractivity contribution in [2.45, 2.75) is 30.9 Å².